The average Bonchev–Trinajstić information content (AvgIpc) is 2.05. The van der Waals surface area contributed by atoms with E-state index < -0.39 is 17.6 Å². The molecule has 0 unspecified atom stereocenters. The molecule has 0 fully saturated rings. The molecule has 1 amide bonds. The largest absolute Gasteiger partial charge is 0.505 e. The summed E-state index contributed by atoms with van der Waals surface area (Å²) in [6.07, 6.45) is -4.64. The lowest BCUT2D eigenvalue weighted by Crippen LogP contribution is -2.52. The van der Waals surface area contributed by atoms with Gasteiger partial charge in [0.2, 0.25) is 5.91 Å². The van der Waals surface area contributed by atoms with E-state index in [4.69, 9.17) is 0 Å². The maximum Gasteiger partial charge on any atom is 0.505 e. The first-order valence-corrected chi connectivity index (χ1v) is 6.46. The Balaban J connectivity index is 4.93. The lowest BCUT2D eigenvalue weighted by molar-refractivity contribution is -0.254. The molecular formula is C14H25F3N2O. The summed E-state index contributed by atoms with van der Waals surface area (Å²) in [7, 11) is 0. The standard InChI is InChI=1S/C14H25F3N2O/c1-10(8-12(2,3)4)18-19(14(15,16)17)11(20)9-13(5,6)7/h18H,1,8-9H2,2-7H3. The molecule has 0 rings (SSSR count). The van der Waals surface area contributed by atoms with E-state index in [9.17, 15) is 18.0 Å². The predicted molar refractivity (Wildman–Crippen MR) is 73.3 cm³/mol. The Morgan fingerprint density at radius 3 is 1.70 bits per heavy atom. The van der Waals surface area contributed by atoms with Gasteiger partial charge in [-0.05, 0) is 17.3 Å². The zero-order chi connectivity index (χ0) is 16.4. The van der Waals surface area contributed by atoms with Crippen LogP contribution in [0, 0.1) is 10.8 Å². The van der Waals surface area contributed by atoms with Crippen LogP contribution in [-0.4, -0.2) is 17.2 Å². The lowest BCUT2D eigenvalue weighted by Gasteiger charge is -2.31. The van der Waals surface area contributed by atoms with E-state index in [-0.39, 0.29) is 22.5 Å². The summed E-state index contributed by atoms with van der Waals surface area (Å²) < 4.78 is 38.8. The maximum absolute atomic E-state index is 12.9. The third-order valence-corrected chi connectivity index (χ3v) is 2.20. The van der Waals surface area contributed by atoms with Gasteiger partial charge < -0.3 is 0 Å². The first kappa shape index (κ1) is 18.8. The van der Waals surface area contributed by atoms with Crippen molar-refractivity contribution in [3.05, 3.63) is 12.3 Å². The van der Waals surface area contributed by atoms with Crippen molar-refractivity contribution in [3.8, 4) is 0 Å². The molecule has 0 spiro atoms. The molecule has 0 heterocycles. The van der Waals surface area contributed by atoms with E-state index >= 15 is 0 Å². The van der Waals surface area contributed by atoms with E-state index in [0.29, 0.717) is 6.42 Å². The van der Waals surface area contributed by atoms with Gasteiger partial charge in [-0.25, -0.2) is 0 Å². The van der Waals surface area contributed by atoms with Gasteiger partial charge in [-0.2, -0.15) is 5.01 Å². The molecule has 118 valence electrons. The zero-order valence-corrected chi connectivity index (χ0v) is 13.1. The van der Waals surface area contributed by atoms with Crippen molar-refractivity contribution in [2.45, 2.75) is 60.7 Å². The fraction of sp³-hybridized carbons (Fsp3) is 0.786. The highest BCUT2D eigenvalue weighted by atomic mass is 19.4. The minimum atomic E-state index is -4.77. The Kier molecular flexibility index (Phi) is 5.69. The van der Waals surface area contributed by atoms with Gasteiger partial charge in [0.25, 0.3) is 0 Å². The molecular weight excluding hydrogens is 269 g/mol. The number of hydrogen-bond acceptors (Lipinski definition) is 2. The van der Waals surface area contributed by atoms with Crippen LogP contribution < -0.4 is 5.43 Å². The van der Waals surface area contributed by atoms with Gasteiger partial charge in [-0.1, -0.05) is 48.1 Å². The number of alkyl halides is 3. The number of carbonyl (C=O) groups excluding carboxylic acids is 1. The summed E-state index contributed by atoms with van der Waals surface area (Å²) in [4.78, 5) is 11.8. The third-order valence-electron chi connectivity index (χ3n) is 2.20. The van der Waals surface area contributed by atoms with Gasteiger partial charge in [0, 0.05) is 12.1 Å². The summed E-state index contributed by atoms with van der Waals surface area (Å²) >= 11 is 0. The quantitative estimate of drug-likeness (QED) is 0.622. The van der Waals surface area contributed by atoms with Crippen LogP contribution in [0.1, 0.15) is 54.4 Å². The van der Waals surface area contributed by atoms with Crippen molar-refractivity contribution in [2.75, 3.05) is 0 Å². The molecule has 0 aliphatic carbocycles. The minimum Gasteiger partial charge on any atom is -0.293 e. The number of allylic oxidation sites excluding steroid dienone is 1. The van der Waals surface area contributed by atoms with Gasteiger partial charge in [0.1, 0.15) is 0 Å². The first-order chi connectivity index (χ1) is 8.62. The van der Waals surface area contributed by atoms with Crippen molar-refractivity contribution in [2.24, 2.45) is 10.8 Å². The van der Waals surface area contributed by atoms with Gasteiger partial charge in [-0.3, -0.25) is 10.2 Å². The second-order valence-electron chi connectivity index (χ2n) is 7.39. The number of hydrazine groups is 1. The van der Waals surface area contributed by atoms with Crippen LogP contribution in [0.25, 0.3) is 0 Å². The number of amides is 1. The van der Waals surface area contributed by atoms with Crippen LogP contribution in [0.15, 0.2) is 12.3 Å². The average molecular weight is 294 g/mol. The summed E-state index contributed by atoms with van der Waals surface area (Å²) in [6.45, 7) is 14.4. The summed E-state index contributed by atoms with van der Waals surface area (Å²) in [5.41, 5.74) is 1.53. The highest BCUT2D eigenvalue weighted by Gasteiger charge is 2.42. The fourth-order valence-electron chi connectivity index (χ4n) is 1.64. The molecule has 6 heteroatoms. The highest BCUT2D eigenvalue weighted by Crippen LogP contribution is 2.27. The Hall–Kier alpha value is -1.20. The molecule has 0 aromatic carbocycles. The van der Waals surface area contributed by atoms with Crippen molar-refractivity contribution < 1.29 is 18.0 Å². The van der Waals surface area contributed by atoms with Crippen LogP contribution in [0.5, 0.6) is 0 Å². The molecule has 1 N–H and O–H groups in total. The Morgan fingerprint density at radius 1 is 1.00 bits per heavy atom. The fourth-order valence-corrected chi connectivity index (χ4v) is 1.64. The predicted octanol–water partition coefficient (Wildman–Crippen LogP) is 4.23. The summed E-state index contributed by atoms with van der Waals surface area (Å²) in [6, 6.07) is 0. The second-order valence-corrected chi connectivity index (χ2v) is 7.39. The smallest absolute Gasteiger partial charge is 0.293 e. The maximum atomic E-state index is 12.9. The molecule has 0 bridgehead atoms. The molecule has 0 radical (unpaired) electrons. The highest BCUT2D eigenvalue weighted by molar-refractivity contribution is 5.76. The molecule has 3 nitrogen and oxygen atoms in total. The van der Waals surface area contributed by atoms with E-state index in [1.165, 1.54) is 0 Å². The van der Waals surface area contributed by atoms with Crippen molar-refractivity contribution in [1.82, 2.24) is 10.4 Å². The topological polar surface area (TPSA) is 32.3 Å². The van der Waals surface area contributed by atoms with Crippen molar-refractivity contribution in [3.63, 3.8) is 0 Å². The molecule has 0 aliphatic heterocycles. The normalized spacial score (nSPS) is 13.1. The van der Waals surface area contributed by atoms with Gasteiger partial charge in [0.15, 0.2) is 0 Å². The molecule has 0 saturated carbocycles. The van der Waals surface area contributed by atoms with Gasteiger partial charge in [0.05, 0.1) is 0 Å². The molecule has 20 heavy (non-hydrogen) atoms. The number of carbonyl (C=O) groups is 1. The minimum absolute atomic E-state index is 0.164. The molecule has 0 atom stereocenters. The number of rotatable bonds is 4. The van der Waals surface area contributed by atoms with Crippen molar-refractivity contribution >= 4 is 5.91 Å². The van der Waals surface area contributed by atoms with Crippen molar-refractivity contribution in [1.29, 1.82) is 0 Å². The SMILES string of the molecule is C=C(CC(C)(C)C)NN(C(=O)CC(C)(C)C)C(F)(F)F. The number of nitrogens with one attached hydrogen (secondary N) is 1. The lowest BCUT2D eigenvalue weighted by atomic mass is 9.91. The van der Waals surface area contributed by atoms with Gasteiger partial charge in [-0.15, -0.1) is 13.2 Å². The second kappa shape index (κ2) is 6.06. The Bertz CT molecular complexity index is 362. The number of halogens is 3. The number of nitrogens with zero attached hydrogens (tertiary/aromatic N) is 1. The van der Waals surface area contributed by atoms with Crippen LogP contribution in [0.4, 0.5) is 13.2 Å². The van der Waals surface area contributed by atoms with Crippen LogP contribution >= 0.6 is 0 Å². The molecule has 0 saturated heterocycles. The van der Waals surface area contributed by atoms with Crippen LogP contribution in [-0.2, 0) is 4.79 Å². The van der Waals surface area contributed by atoms with E-state index in [0.717, 1.165) is 0 Å². The van der Waals surface area contributed by atoms with Gasteiger partial charge >= 0.3 is 6.30 Å². The zero-order valence-electron chi connectivity index (χ0n) is 13.1. The third kappa shape index (κ3) is 8.07. The molecule has 0 aromatic heterocycles. The van der Waals surface area contributed by atoms with Crippen LogP contribution in [0.2, 0.25) is 0 Å². The summed E-state index contributed by atoms with van der Waals surface area (Å²) in [5.74, 6) is -1.01. The summed E-state index contributed by atoms with van der Waals surface area (Å²) in [5, 5.41) is -0.272. The first-order valence-electron chi connectivity index (χ1n) is 6.46. The molecule has 0 aliphatic rings. The van der Waals surface area contributed by atoms with E-state index in [1.54, 1.807) is 20.8 Å². The Labute approximate surface area is 119 Å². The monoisotopic (exact) mass is 294 g/mol. The Morgan fingerprint density at radius 2 is 1.40 bits per heavy atom. The number of hydrogen-bond donors (Lipinski definition) is 1. The van der Waals surface area contributed by atoms with E-state index in [1.807, 2.05) is 20.8 Å². The molecule has 0 aromatic rings. The van der Waals surface area contributed by atoms with Crippen LogP contribution in [0.3, 0.4) is 0 Å². The van der Waals surface area contributed by atoms with E-state index in [2.05, 4.69) is 12.0 Å².